The van der Waals surface area contributed by atoms with E-state index in [1.807, 2.05) is 44.2 Å². The summed E-state index contributed by atoms with van der Waals surface area (Å²) in [5, 5.41) is 13.2. The lowest BCUT2D eigenvalue weighted by Crippen LogP contribution is -2.21. The zero-order valence-electron chi connectivity index (χ0n) is 16.9. The topological polar surface area (TPSA) is 112 Å². The first-order valence-electron chi connectivity index (χ1n) is 9.79. The molecular formula is C24H19N3O4. The van der Waals surface area contributed by atoms with Crippen LogP contribution in [-0.4, -0.2) is 17.0 Å². The van der Waals surface area contributed by atoms with E-state index in [2.05, 4.69) is 16.4 Å². The van der Waals surface area contributed by atoms with Crippen molar-refractivity contribution >= 4 is 22.8 Å². The van der Waals surface area contributed by atoms with Gasteiger partial charge in [0.2, 0.25) is 0 Å². The largest absolute Gasteiger partial charge is 0.419 e. The van der Waals surface area contributed by atoms with Gasteiger partial charge in [-0.3, -0.25) is 14.9 Å². The second-order valence-electron chi connectivity index (χ2n) is 7.65. The number of hydrogen-bond acceptors (Lipinski definition) is 5. The van der Waals surface area contributed by atoms with Crippen molar-refractivity contribution in [1.82, 2.24) is 10.3 Å². The number of ether oxygens (including phenoxy) is 1. The number of carbonyl (C=O) groups is 2. The minimum absolute atomic E-state index is 0.0228. The molecule has 1 aliphatic heterocycles. The Bertz CT molecular complexity index is 1340. The molecular weight excluding hydrogens is 394 g/mol. The molecule has 0 radical (unpaired) electrons. The molecule has 0 bridgehead atoms. The molecule has 0 aliphatic carbocycles. The van der Waals surface area contributed by atoms with Gasteiger partial charge in [-0.05, 0) is 41.1 Å². The molecule has 3 aromatic rings. The number of nitrogens with zero attached hydrogens (tertiary/aromatic N) is 1. The molecule has 1 fully saturated rings. The van der Waals surface area contributed by atoms with Crippen molar-refractivity contribution in [3.05, 3.63) is 81.8 Å². The van der Waals surface area contributed by atoms with Crippen molar-refractivity contribution in [2.24, 2.45) is 5.92 Å². The number of H-pyrrole nitrogens is 1. The van der Waals surface area contributed by atoms with Gasteiger partial charge < -0.3 is 9.72 Å². The maximum absolute atomic E-state index is 12.9. The van der Waals surface area contributed by atoms with Crippen molar-refractivity contribution < 1.29 is 14.3 Å². The number of nitrogens with one attached hydrogen (secondary N) is 2. The highest BCUT2D eigenvalue weighted by Gasteiger charge is 2.29. The predicted octanol–water partition coefficient (Wildman–Crippen LogP) is 3.96. The Hall–Kier alpha value is -4.18. The Morgan fingerprint density at radius 3 is 2.52 bits per heavy atom. The van der Waals surface area contributed by atoms with Crippen LogP contribution in [0.4, 0.5) is 4.79 Å². The number of cyclic esters (lactones) is 1. The normalized spacial score (nSPS) is 15.7. The van der Waals surface area contributed by atoms with E-state index in [-0.39, 0.29) is 17.2 Å². The van der Waals surface area contributed by atoms with Gasteiger partial charge in [-0.1, -0.05) is 44.2 Å². The molecule has 0 saturated carbocycles. The smallest absolute Gasteiger partial charge is 0.404 e. The van der Waals surface area contributed by atoms with E-state index in [0.717, 1.165) is 16.3 Å². The second kappa shape index (κ2) is 7.92. The van der Waals surface area contributed by atoms with Crippen molar-refractivity contribution in [2.45, 2.75) is 19.8 Å². The highest BCUT2D eigenvalue weighted by molar-refractivity contribution is 6.07. The van der Waals surface area contributed by atoms with E-state index < -0.39 is 17.9 Å². The van der Waals surface area contributed by atoms with Crippen molar-refractivity contribution in [3.8, 4) is 17.3 Å². The number of rotatable bonds is 4. The summed E-state index contributed by atoms with van der Waals surface area (Å²) in [6.07, 6.45) is 0.681. The van der Waals surface area contributed by atoms with Crippen molar-refractivity contribution in [1.29, 1.82) is 5.26 Å². The number of carbonyl (C=O) groups excluding carboxylic acids is 2. The Labute approximate surface area is 178 Å². The van der Waals surface area contributed by atoms with Gasteiger partial charge in [-0.15, -0.1) is 0 Å². The molecule has 2 N–H and O–H groups in total. The molecule has 2 aromatic carbocycles. The average Bonchev–Trinajstić information content (AvgIpc) is 3.07. The highest BCUT2D eigenvalue weighted by Crippen LogP contribution is 2.29. The Kier molecular flexibility index (Phi) is 5.14. The molecule has 31 heavy (non-hydrogen) atoms. The average molecular weight is 413 g/mol. The zero-order chi connectivity index (χ0) is 22.1. The number of pyridine rings is 1. The molecule has 2 heterocycles. The summed E-state index contributed by atoms with van der Waals surface area (Å²) in [6.45, 7) is 3.83. The molecule has 1 saturated heterocycles. The minimum Gasteiger partial charge on any atom is -0.404 e. The molecule has 2 amide bonds. The number of aromatic amines is 1. The summed E-state index contributed by atoms with van der Waals surface area (Å²) in [6, 6.07) is 16.9. The first-order chi connectivity index (χ1) is 14.9. The van der Waals surface area contributed by atoms with Crippen LogP contribution in [0.25, 0.3) is 22.0 Å². The lowest BCUT2D eigenvalue weighted by atomic mass is 9.88. The number of nitriles is 1. The van der Waals surface area contributed by atoms with Crippen LogP contribution in [0, 0.1) is 17.2 Å². The van der Waals surface area contributed by atoms with Crippen LogP contribution < -0.4 is 10.9 Å². The van der Waals surface area contributed by atoms with Gasteiger partial charge in [0, 0.05) is 22.6 Å². The maximum atomic E-state index is 12.9. The number of aromatic nitrogens is 1. The maximum Gasteiger partial charge on any atom is 0.419 e. The summed E-state index contributed by atoms with van der Waals surface area (Å²) >= 11 is 0. The lowest BCUT2D eigenvalue weighted by molar-refractivity contribution is -0.116. The quantitative estimate of drug-likeness (QED) is 0.629. The number of benzene rings is 2. The Morgan fingerprint density at radius 2 is 1.87 bits per heavy atom. The van der Waals surface area contributed by atoms with Gasteiger partial charge in [0.25, 0.3) is 11.5 Å². The molecule has 1 unspecified atom stereocenters. The number of fused-ring (bicyclic) bond motifs is 1. The van der Waals surface area contributed by atoms with Crippen molar-refractivity contribution in [2.75, 3.05) is 0 Å². The lowest BCUT2D eigenvalue weighted by Gasteiger charge is -2.17. The number of allylic oxidation sites excluding steroid dienone is 1. The molecule has 154 valence electrons. The predicted molar refractivity (Wildman–Crippen MR) is 115 cm³/mol. The summed E-state index contributed by atoms with van der Waals surface area (Å²) in [5.74, 6) is -1.17. The van der Waals surface area contributed by atoms with Gasteiger partial charge in [-0.25, -0.2) is 4.79 Å². The molecule has 1 aromatic heterocycles. The summed E-state index contributed by atoms with van der Waals surface area (Å²) in [5.41, 5.74) is 2.12. The van der Waals surface area contributed by atoms with E-state index in [1.165, 1.54) is 6.08 Å². The summed E-state index contributed by atoms with van der Waals surface area (Å²) < 4.78 is 4.89. The standard InChI is InChI=1S/C24H19N3O4/c1-13(2)18(11-21-23(29)27-24(30)31-21)17-8-9-20(26-22(17)28)15-7-6-14-4-3-5-16(12-25)19(14)10-15/h3-11,13,18H,1-2H3,(H,26,28)(H,27,29,30)/b21-11+. The number of alkyl carbamates (subject to hydrolysis) is 1. The van der Waals surface area contributed by atoms with Gasteiger partial charge >= 0.3 is 6.09 Å². The fraction of sp³-hybridized carbons (Fsp3) is 0.167. The van der Waals surface area contributed by atoms with E-state index in [0.29, 0.717) is 16.8 Å². The van der Waals surface area contributed by atoms with Crippen LogP contribution in [0.2, 0.25) is 0 Å². The van der Waals surface area contributed by atoms with E-state index in [1.54, 1.807) is 18.2 Å². The number of imide groups is 1. The van der Waals surface area contributed by atoms with Crippen molar-refractivity contribution in [3.63, 3.8) is 0 Å². The molecule has 7 nitrogen and oxygen atoms in total. The fourth-order valence-electron chi connectivity index (χ4n) is 3.69. The van der Waals surface area contributed by atoms with Gasteiger partial charge in [-0.2, -0.15) is 5.26 Å². The summed E-state index contributed by atoms with van der Waals surface area (Å²) in [4.78, 5) is 38.9. The van der Waals surface area contributed by atoms with Crippen LogP contribution in [0.15, 0.2) is 65.2 Å². The Morgan fingerprint density at radius 1 is 1.06 bits per heavy atom. The second-order valence-corrected chi connectivity index (χ2v) is 7.65. The van der Waals surface area contributed by atoms with E-state index in [9.17, 15) is 19.6 Å². The van der Waals surface area contributed by atoms with Crippen LogP contribution in [0.3, 0.4) is 0 Å². The van der Waals surface area contributed by atoms with Crippen LogP contribution in [0.5, 0.6) is 0 Å². The van der Waals surface area contributed by atoms with E-state index in [4.69, 9.17) is 4.74 Å². The third-order valence-corrected chi connectivity index (χ3v) is 5.30. The fourth-order valence-corrected chi connectivity index (χ4v) is 3.69. The summed E-state index contributed by atoms with van der Waals surface area (Å²) in [7, 11) is 0. The number of amides is 2. The first-order valence-corrected chi connectivity index (χ1v) is 9.79. The zero-order valence-corrected chi connectivity index (χ0v) is 16.9. The highest BCUT2D eigenvalue weighted by atomic mass is 16.6. The van der Waals surface area contributed by atoms with Crippen LogP contribution >= 0.6 is 0 Å². The minimum atomic E-state index is -0.823. The monoisotopic (exact) mass is 413 g/mol. The molecule has 4 rings (SSSR count). The molecule has 1 aliphatic rings. The van der Waals surface area contributed by atoms with Gasteiger partial charge in [0.05, 0.1) is 11.6 Å². The Balaban J connectivity index is 1.74. The molecule has 1 atom stereocenters. The van der Waals surface area contributed by atoms with Gasteiger partial charge in [0.1, 0.15) is 0 Å². The van der Waals surface area contributed by atoms with Gasteiger partial charge in [0.15, 0.2) is 5.76 Å². The molecule has 0 spiro atoms. The van der Waals surface area contributed by atoms with E-state index >= 15 is 0 Å². The van der Waals surface area contributed by atoms with Crippen LogP contribution in [0.1, 0.15) is 30.9 Å². The third-order valence-electron chi connectivity index (χ3n) is 5.30. The third kappa shape index (κ3) is 3.83. The first kappa shape index (κ1) is 20.1. The molecule has 7 heteroatoms. The van der Waals surface area contributed by atoms with Crippen LogP contribution in [-0.2, 0) is 9.53 Å². The SMILES string of the molecule is CC(C)C(/C=C1/OC(=O)NC1=O)c1ccc(-c2ccc3cccc(C#N)c3c2)[nH]c1=O. The number of hydrogen-bond donors (Lipinski definition) is 2.